The molecule has 2 heterocycles. The standard InChI is InChI=1S/C38H52INO4/c1-25-19-32-33(40(22-25)15-16-42-17-18-43-23-26-7-5-4-6-8-26)34(39)38(44-32)14-12-30-29-10-9-27-20-28(41)11-13-35(27,2)31(29)21-37(30)24-36(37,38)3/h4-8,20,25,29-34H,9-19,21-24H2,1-3H3/t25-,29-,30-,31-,32+,33+,34+,35-,36?,37?,38+/m0/s1. The molecule has 0 bridgehead atoms. The predicted molar refractivity (Wildman–Crippen MR) is 181 cm³/mol. The van der Waals surface area contributed by atoms with Crippen LogP contribution in [0.15, 0.2) is 42.0 Å². The van der Waals surface area contributed by atoms with Crippen LogP contribution in [0.2, 0.25) is 0 Å². The molecule has 6 fully saturated rings. The molecule has 0 amide bonds. The molecule has 0 radical (unpaired) electrons. The van der Waals surface area contributed by atoms with Gasteiger partial charge in [-0.05, 0) is 97.5 Å². The molecule has 1 aromatic rings. The summed E-state index contributed by atoms with van der Waals surface area (Å²) in [5, 5.41) is 0. The first-order valence-corrected chi connectivity index (χ1v) is 18.9. The van der Waals surface area contributed by atoms with Crippen molar-refractivity contribution in [2.24, 2.45) is 39.9 Å². The van der Waals surface area contributed by atoms with Gasteiger partial charge in [-0.1, -0.05) is 79.3 Å². The van der Waals surface area contributed by atoms with E-state index in [1.54, 1.807) is 0 Å². The lowest BCUT2D eigenvalue weighted by molar-refractivity contribution is -0.135. The van der Waals surface area contributed by atoms with Gasteiger partial charge in [-0.15, -0.1) is 0 Å². The zero-order valence-electron chi connectivity index (χ0n) is 27.1. The maximum atomic E-state index is 12.4. The number of likely N-dealkylation sites (tertiary alicyclic amines) is 1. The fourth-order valence-corrected chi connectivity index (χ4v) is 14.3. The third kappa shape index (κ3) is 4.46. The Labute approximate surface area is 278 Å². The Morgan fingerprint density at radius 2 is 1.84 bits per heavy atom. The number of alkyl halides is 1. The number of carbonyl (C=O) groups is 1. The van der Waals surface area contributed by atoms with Crippen LogP contribution in [0.1, 0.15) is 84.1 Å². The minimum absolute atomic E-state index is 0.0105. The number of halogens is 1. The van der Waals surface area contributed by atoms with Crippen molar-refractivity contribution in [3.8, 4) is 0 Å². The first-order chi connectivity index (χ1) is 21.2. The number of ether oxygens (including phenoxy) is 3. The number of hydrogen-bond acceptors (Lipinski definition) is 5. The molecule has 0 N–H and O–H groups in total. The Kier molecular flexibility index (Phi) is 7.73. The molecular formula is C38H52INO4. The van der Waals surface area contributed by atoms with E-state index in [0.29, 0.717) is 53.0 Å². The topological polar surface area (TPSA) is 48.0 Å². The minimum atomic E-state index is -0.0105. The van der Waals surface area contributed by atoms with Crippen molar-refractivity contribution in [2.45, 2.75) is 107 Å². The lowest BCUT2D eigenvalue weighted by Gasteiger charge is -2.50. The second-order valence-electron chi connectivity index (χ2n) is 16.3. The van der Waals surface area contributed by atoms with Gasteiger partial charge in [-0.2, -0.15) is 0 Å². The zero-order chi connectivity index (χ0) is 30.3. The third-order valence-electron chi connectivity index (χ3n) is 14.4. The third-order valence-corrected chi connectivity index (χ3v) is 16.1. The molecule has 2 aliphatic heterocycles. The van der Waals surface area contributed by atoms with Gasteiger partial charge in [0.05, 0.1) is 48.1 Å². The average Bonchev–Trinajstić information content (AvgIpc) is 3.35. The van der Waals surface area contributed by atoms with Crippen molar-refractivity contribution < 1.29 is 19.0 Å². The van der Waals surface area contributed by atoms with Gasteiger partial charge in [0.1, 0.15) is 0 Å². The number of piperidine rings is 1. The van der Waals surface area contributed by atoms with Crippen LogP contribution in [0.4, 0.5) is 0 Å². The van der Waals surface area contributed by atoms with Gasteiger partial charge in [-0.3, -0.25) is 9.69 Å². The summed E-state index contributed by atoms with van der Waals surface area (Å²) < 4.78 is 20.0. The zero-order valence-corrected chi connectivity index (χ0v) is 29.2. The lowest BCUT2D eigenvalue weighted by atomic mass is 9.56. The van der Waals surface area contributed by atoms with Crippen LogP contribution in [0.25, 0.3) is 0 Å². The summed E-state index contributed by atoms with van der Waals surface area (Å²) in [6.07, 6.45) is 13.2. The Hall–Kier alpha value is -0.800. The summed E-state index contributed by atoms with van der Waals surface area (Å²) in [4.78, 5) is 15.1. The molecule has 2 unspecified atom stereocenters. The molecule has 0 aromatic heterocycles. The van der Waals surface area contributed by atoms with E-state index >= 15 is 0 Å². The Balaban J connectivity index is 0.938. The van der Waals surface area contributed by atoms with Crippen molar-refractivity contribution in [3.05, 3.63) is 47.5 Å². The van der Waals surface area contributed by atoms with Crippen molar-refractivity contribution in [1.29, 1.82) is 0 Å². The van der Waals surface area contributed by atoms with Crippen LogP contribution in [0.5, 0.6) is 0 Å². The molecular weight excluding hydrogens is 661 g/mol. The van der Waals surface area contributed by atoms with E-state index in [1.807, 2.05) is 6.07 Å². The lowest BCUT2D eigenvalue weighted by Crippen LogP contribution is -2.56. The fraction of sp³-hybridized carbons (Fsp3) is 0.763. The summed E-state index contributed by atoms with van der Waals surface area (Å²) in [6.45, 7) is 12.4. The number of nitrogens with zero attached hydrogens (tertiary/aromatic N) is 1. The highest BCUT2D eigenvalue weighted by Crippen LogP contribution is 2.87. The molecule has 6 heteroatoms. The normalized spacial score (nSPS) is 47.4. The van der Waals surface area contributed by atoms with Crippen LogP contribution in [0, 0.1) is 39.9 Å². The van der Waals surface area contributed by atoms with Crippen LogP contribution in [-0.2, 0) is 25.6 Å². The highest BCUT2D eigenvalue weighted by atomic mass is 127. The van der Waals surface area contributed by atoms with Gasteiger partial charge in [-0.25, -0.2) is 0 Å². The van der Waals surface area contributed by atoms with Crippen molar-refractivity contribution in [3.63, 3.8) is 0 Å². The van der Waals surface area contributed by atoms with Crippen LogP contribution in [0.3, 0.4) is 0 Å². The maximum absolute atomic E-state index is 12.4. The van der Waals surface area contributed by atoms with E-state index in [0.717, 1.165) is 56.7 Å². The molecule has 240 valence electrons. The second kappa shape index (κ2) is 11.1. The van der Waals surface area contributed by atoms with Gasteiger partial charge in [0, 0.05) is 24.9 Å². The van der Waals surface area contributed by atoms with Gasteiger partial charge < -0.3 is 14.2 Å². The number of carbonyl (C=O) groups excluding carboxylic acids is 1. The number of rotatable bonds is 8. The van der Waals surface area contributed by atoms with Crippen LogP contribution < -0.4 is 0 Å². The Morgan fingerprint density at radius 3 is 2.68 bits per heavy atom. The van der Waals surface area contributed by atoms with E-state index < -0.39 is 0 Å². The number of hydrogen-bond donors (Lipinski definition) is 0. The van der Waals surface area contributed by atoms with Crippen LogP contribution >= 0.6 is 22.6 Å². The monoisotopic (exact) mass is 713 g/mol. The van der Waals surface area contributed by atoms with Crippen molar-refractivity contribution >= 4 is 28.4 Å². The van der Waals surface area contributed by atoms with E-state index in [2.05, 4.69) is 78.6 Å². The summed E-state index contributed by atoms with van der Waals surface area (Å²) in [5.41, 5.74) is 3.65. The first kappa shape index (κ1) is 30.5. The SMILES string of the molecule is C[C@H]1C[C@H]2O[C@]3(CC[C@H]4[C@@H]5CCC6=CC(=O)CC[C@]6(C)[C@H]5CC45CC53C)[C@H](I)[C@@H]2N(CCOCCOCc2ccccc2)C1. The summed E-state index contributed by atoms with van der Waals surface area (Å²) >= 11 is 2.85. The smallest absolute Gasteiger partial charge is 0.155 e. The highest BCUT2D eigenvalue weighted by Gasteiger charge is 2.85. The van der Waals surface area contributed by atoms with Crippen molar-refractivity contribution in [2.75, 3.05) is 32.9 Å². The van der Waals surface area contributed by atoms with Gasteiger partial charge >= 0.3 is 0 Å². The van der Waals surface area contributed by atoms with Gasteiger partial charge in [0.25, 0.3) is 0 Å². The Morgan fingerprint density at radius 1 is 1.02 bits per heavy atom. The minimum Gasteiger partial charge on any atom is -0.378 e. The van der Waals surface area contributed by atoms with E-state index in [-0.39, 0.29) is 16.4 Å². The summed E-state index contributed by atoms with van der Waals surface area (Å²) in [7, 11) is 0. The number of benzene rings is 1. The molecule has 2 saturated heterocycles. The Bertz CT molecular complexity index is 1300. The molecule has 5 nitrogen and oxygen atoms in total. The molecule has 5 aliphatic carbocycles. The molecule has 44 heavy (non-hydrogen) atoms. The second-order valence-corrected chi connectivity index (χ2v) is 17.6. The molecule has 8 rings (SSSR count). The molecule has 2 spiro atoms. The van der Waals surface area contributed by atoms with Crippen molar-refractivity contribution in [1.82, 2.24) is 4.90 Å². The molecule has 4 saturated carbocycles. The predicted octanol–water partition coefficient (Wildman–Crippen LogP) is 7.40. The molecule has 7 aliphatic rings. The summed E-state index contributed by atoms with van der Waals surface area (Å²) in [5.74, 6) is 3.46. The van der Waals surface area contributed by atoms with E-state index in [9.17, 15) is 4.79 Å². The molecule has 1 aromatic carbocycles. The van der Waals surface area contributed by atoms with Crippen LogP contribution in [-0.4, -0.2) is 65.3 Å². The van der Waals surface area contributed by atoms with E-state index in [1.165, 1.54) is 49.7 Å². The fourth-order valence-electron chi connectivity index (χ4n) is 12.2. The first-order valence-electron chi connectivity index (χ1n) is 17.7. The average molecular weight is 714 g/mol. The highest BCUT2D eigenvalue weighted by molar-refractivity contribution is 14.1. The van der Waals surface area contributed by atoms with Gasteiger partial charge in [0.15, 0.2) is 5.78 Å². The largest absolute Gasteiger partial charge is 0.378 e. The van der Waals surface area contributed by atoms with Gasteiger partial charge in [0.2, 0.25) is 0 Å². The number of fused-ring (bicyclic) bond motifs is 6. The van der Waals surface area contributed by atoms with E-state index in [4.69, 9.17) is 14.2 Å². The quantitative estimate of drug-likeness (QED) is 0.160. The molecule has 11 atom stereocenters. The number of ketones is 1. The summed E-state index contributed by atoms with van der Waals surface area (Å²) in [6, 6.07) is 10.9. The number of allylic oxidation sites excluding steroid dienone is 2. The maximum Gasteiger partial charge on any atom is 0.155 e.